The molecule has 5 heteroatoms. The molecule has 0 spiro atoms. The van der Waals surface area contributed by atoms with E-state index in [0.29, 0.717) is 6.47 Å². The maximum atomic E-state index is 8.24. The Hall–Kier alpha value is 1.20. The Kier molecular flexibility index (Phi) is 60.7. The summed E-state index contributed by atoms with van der Waals surface area (Å²) < 4.78 is 0. The van der Waals surface area contributed by atoms with Crippen molar-refractivity contribution < 1.29 is 78.2 Å². The summed E-state index contributed by atoms with van der Waals surface area (Å²) in [6.45, 7) is 0.500. The first-order chi connectivity index (χ1) is 2.83. The molecule has 0 aromatic carbocycles. The van der Waals surface area contributed by atoms with Gasteiger partial charge < -0.3 is 14.8 Å². The maximum absolute atomic E-state index is 8.24. The molecule has 0 fully saturated rings. The topological polar surface area (TPSA) is 66.8 Å². The average Bonchev–Trinajstić information content (AvgIpc) is 1.39. The van der Waals surface area contributed by atoms with Gasteiger partial charge in [-0.15, -0.1) is 0 Å². The van der Waals surface area contributed by atoms with Crippen molar-refractivity contribution in [3.05, 3.63) is 7.11 Å². The van der Waals surface area contributed by atoms with Crippen LogP contribution in [0, 0.1) is 7.11 Å². The first-order valence-corrected chi connectivity index (χ1v) is 0.899. The Morgan fingerprint density at radius 3 is 1.71 bits per heavy atom. The van der Waals surface area contributed by atoms with Gasteiger partial charge in [-0.25, -0.2) is 0 Å². The van der Waals surface area contributed by atoms with E-state index in [2.05, 4.69) is 12.0 Å². The van der Waals surface area contributed by atoms with Crippen molar-refractivity contribution in [3.8, 4) is 0 Å². The van der Waals surface area contributed by atoms with Crippen LogP contribution in [-0.4, -0.2) is 16.8 Å². The quantitative estimate of drug-likeness (QED) is 0.234. The third kappa shape index (κ3) is 136. The van der Waals surface area contributed by atoms with E-state index in [1.54, 1.807) is 0 Å². The first kappa shape index (κ1) is 15.7. The molecular weight excluding hydrogens is 173 g/mol. The molecule has 2 N–H and O–H groups in total. The van der Waals surface area contributed by atoms with Gasteiger partial charge in [0.05, 0.1) is 0 Å². The van der Waals surface area contributed by atoms with Crippen LogP contribution in [0.1, 0.15) is 0 Å². The Labute approximate surface area is 90.2 Å². The molecule has 0 aliphatic rings. The molecule has 0 atom stereocenters. The molecule has 0 rings (SSSR count). The fraction of sp³-hybridized carbons (Fsp3) is 0. The van der Waals surface area contributed by atoms with E-state index in [-0.39, 0.29) is 58.2 Å². The molecule has 0 aliphatic heterocycles. The predicted molar refractivity (Wildman–Crippen MR) is 17.4 cm³/mol. The SMILES string of the molecule is O=[C-]O.[CH2-]OO.[Rb+]. The molecule has 0 radical (unpaired) electrons. The van der Waals surface area contributed by atoms with Crippen LogP contribution in [0.3, 0.4) is 0 Å². The molecule has 0 saturated heterocycles. The monoisotopic (exact) mass is 177 g/mol. The summed E-state index contributed by atoms with van der Waals surface area (Å²) in [5.41, 5.74) is 0. The molecule has 0 amide bonds. The second-order valence-electron chi connectivity index (χ2n) is 0.220. The number of hydrogen-bond donors (Lipinski definition) is 2. The number of hydrogen-bond acceptors (Lipinski definition) is 3. The zero-order chi connectivity index (χ0) is 5.41. The Morgan fingerprint density at radius 2 is 1.71 bits per heavy atom. The van der Waals surface area contributed by atoms with E-state index < -0.39 is 0 Å². The number of rotatable bonds is 0. The minimum Gasteiger partial charge on any atom is -0.665 e. The third-order valence-corrected chi connectivity index (χ3v) is 0. The molecule has 7 heavy (non-hydrogen) atoms. The third-order valence-electron chi connectivity index (χ3n) is 0. The molecule has 4 nitrogen and oxygen atoms in total. The summed E-state index contributed by atoms with van der Waals surface area (Å²) in [5.74, 6) is 0. The van der Waals surface area contributed by atoms with E-state index in [4.69, 9.17) is 15.2 Å². The van der Waals surface area contributed by atoms with Gasteiger partial charge in [-0.2, -0.15) is 7.11 Å². The standard InChI is InChI=1S/CH3O2.CHO2.Rb/c1-3-2;2-1-3;/h2H,1H2;(H,2,3);/q2*-1;+1. The van der Waals surface area contributed by atoms with Crippen molar-refractivity contribution in [2.24, 2.45) is 0 Å². The summed E-state index contributed by atoms with van der Waals surface area (Å²) in [5, 5.41) is 13.7. The molecule has 0 unspecified atom stereocenters. The smallest absolute Gasteiger partial charge is 0.665 e. The molecular formula is C2H4O4Rb-. The van der Waals surface area contributed by atoms with Gasteiger partial charge in [-0.3, -0.25) is 5.26 Å². The Balaban J connectivity index is -0.0000000400. The van der Waals surface area contributed by atoms with E-state index in [1.165, 1.54) is 0 Å². The van der Waals surface area contributed by atoms with E-state index in [0.717, 1.165) is 0 Å². The molecule has 0 heterocycles. The fourth-order valence-electron chi connectivity index (χ4n) is 0. The zero-order valence-corrected chi connectivity index (χ0v) is 8.83. The molecule has 0 aliphatic carbocycles. The van der Waals surface area contributed by atoms with Crippen LogP contribution >= 0.6 is 0 Å². The van der Waals surface area contributed by atoms with E-state index in [1.807, 2.05) is 0 Å². The van der Waals surface area contributed by atoms with Crippen LogP contribution < -0.4 is 58.2 Å². The van der Waals surface area contributed by atoms with Crippen LogP contribution in [0.25, 0.3) is 0 Å². The van der Waals surface area contributed by atoms with Gasteiger partial charge in [0.1, 0.15) is 0 Å². The minimum absolute atomic E-state index is 0. The molecule has 0 aromatic heterocycles. The first-order valence-electron chi connectivity index (χ1n) is 0.899. The second kappa shape index (κ2) is 27.0. The van der Waals surface area contributed by atoms with Crippen molar-refractivity contribution in [1.82, 2.24) is 0 Å². The van der Waals surface area contributed by atoms with E-state index in [9.17, 15) is 0 Å². The van der Waals surface area contributed by atoms with Crippen molar-refractivity contribution in [2.75, 3.05) is 0 Å². The molecule has 0 saturated carbocycles. The van der Waals surface area contributed by atoms with Gasteiger partial charge in [0.15, 0.2) is 0 Å². The van der Waals surface area contributed by atoms with Crippen molar-refractivity contribution in [3.63, 3.8) is 0 Å². The zero-order valence-electron chi connectivity index (χ0n) is 3.92. The van der Waals surface area contributed by atoms with Crippen molar-refractivity contribution in [2.45, 2.75) is 0 Å². The van der Waals surface area contributed by atoms with Crippen LogP contribution in [0.2, 0.25) is 0 Å². The second-order valence-corrected chi connectivity index (χ2v) is 0.220. The van der Waals surface area contributed by atoms with Gasteiger partial charge >= 0.3 is 58.2 Å². The van der Waals surface area contributed by atoms with Gasteiger partial charge in [0, 0.05) is 0 Å². The fourth-order valence-corrected chi connectivity index (χ4v) is 0. The van der Waals surface area contributed by atoms with Crippen LogP contribution in [0.15, 0.2) is 0 Å². The summed E-state index contributed by atoms with van der Waals surface area (Å²) in [4.78, 5) is 11.2. The predicted octanol–water partition coefficient (Wildman–Crippen LogP) is -3.12. The molecule has 0 bridgehead atoms. The molecule has 0 aromatic rings. The summed E-state index contributed by atoms with van der Waals surface area (Å²) >= 11 is 0. The average molecular weight is 178 g/mol. The summed E-state index contributed by atoms with van der Waals surface area (Å²) in [6.07, 6.45) is 0. The van der Waals surface area contributed by atoms with Crippen molar-refractivity contribution >= 4 is 6.47 Å². The van der Waals surface area contributed by atoms with Gasteiger partial charge in [-0.05, 0) is 0 Å². The van der Waals surface area contributed by atoms with Crippen LogP contribution in [-0.2, 0) is 9.68 Å². The van der Waals surface area contributed by atoms with Crippen LogP contribution in [0.5, 0.6) is 0 Å². The largest absolute Gasteiger partial charge is 1.00 e. The van der Waals surface area contributed by atoms with Gasteiger partial charge in [0.25, 0.3) is 0 Å². The molecule has 38 valence electrons. The van der Waals surface area contributed by atoms with Gasteiger partial charge in [0.2, 0.25) is 0 Å². The Bertz CT molecular complexity index is 23.7. The normalized spacial score (nSPS) is 4.29. The summed E-state index contributed by atoms with van der Waals surface area (Å²) in [7, 11) is 2.54. The van der Waals surface area contributed by atoms with Gasteiger partial charge in [-0.1, -0.05) is 6.47 Å². The minimum atomic E-state index is 0. The van der Waals surface area contributed by atoms with Crippen molar-refractivity contribution in [1.29, 1.82) is 0 Å². The Morgan fingerprint density at radius 1 is 1.71 bits per heavy atom. The van der Waals surface area contributed by atoms with E-state index >= 15 is 0 Å². The number of aliphatic hydroxyl groups excluding tert-OH is 1. The van der Waals surface area contributed by atoms with Crippen LogP contribution in [0.4, 0.5) is 0 Å². The summed E-state index contributed by atoms with van der Waals surface area (Å²) in [6, 6.07) is 0. The maximum Gasteiger partial charge on any atom is 1.00 e.